The Balaban J connectivity index is 0.00000152. The van der Waals surface area contributed by atoms with Crippen LogP contribution in [0.4, 0.5) is 5.69 Å². The first-order chi connectivity index (χ1) is 16.9. The number of nitrogens with one attached hydrogen (secondary N) is 2. The molecule has 6 rings (SSSR count). The fraction of sp³-hybridized carbons (Fsp3) is 0.138. The van der Waals surface area contributed by atoms with Crippen molar-refractivity contribution in [2.45, 2.75) is 13.0 Å². The molecule has 5 nitrogen and oxygen atoms in total. The van der Waals surface area contributed by atoms with Crippen molar-refractivity contribution in [3.05, 3.63) is 96.7 Å². The highest BCUT2D eigenvalue weighted by Crippen LogP contribution is 2.32. The molecule has 0 radical (unpaired) electrons. The summed E-state index contributed by atoms with van der Waals surface area (Å²) < 4.78 is 10.0. The van der Waals surface area contributed by atoms with E-state index in [1.165, 1.54) is 21.9 Å². The van der Waals surface area contributed by atoms with E-state index in [4.69, 9.17) is 9.15 Å². The van der Waals surface area contributed by atoms with Crippen LogP contribution in [0.15, 0.2) is 100 Å². The van der Waals surface area contributed by atoms with Gasteiger partial charge in [0.05, 0.1) is 5.52 Å². The average molecular weight is 452 g/mol. The lowest BCUT2D eigenvalue weighted by molar-refractivity contribution is 0.0580. The molecule has 172 valence electrons. The van der Waals surface area contributed by atoms with Crippen molar-refractivity contribution in [2.75, 3.05) is 18.4 Å². The third kappa shape index (κ3) is 3.91. The fourth-order valence-electron chi connectivity index (χ4n) is 4.52. The summed E-state index contributed by atoms with van der Waals surface area (Å²) in [4.78, 5) is 4.65. The van der Waals surface area contributed by atoms with Crippen molar-refractivity contribution in [1.82, 2.24) is 10.3 Å². The molecule has 0 saturated carbocycles. The number of aromatic nitrogens is 1. The van der Waals surface area contributed by atoms with Crippen LogP contribution in [0.25, 0.3) is 44.0 Å². The molecule has 2 N–H and O–H groups in total. The van der Waals surface area contributed by atoms with E-state index in [2.05, 4.69) is 88.4 Å². The van der Waals surface area contributed by atoms with Crippen LogP contribution < -0.4 is 10.6 Å². The molecule has 6 aromatic rings. The molecule has 0 aliphatic carbocycles. The zero-order valence-corrected chi connectivity index (χ0v) is 18.8. The Kier molecular flexibility index (Phi) is 5.45. The third-order valence-corrected chi connectivity index (χ3v) is 6.28. The lowest BCUT2D eigenvalue weighted by Gasteiger charge is -2.12. The fourth-order valence-corrected chi connectivity index (χ4v) is 4.52. The summed E-state index contributed by atoms with van der Waals surface area (Å²) in [5.74, 6) is 0. The van der Waals surface area contributed by atoms with E-state index in [0.29, 0.717) is 0 Å². The topological polar surface area (TPSA) is 63.2 Å². The van der Waals surface area contributed by atoms with E-state index in [1.54, 1.807) is 0 Å². The van der Waals surface area contributed by atoms with Gasteiger partial charge in [-0.15, -0.1) is 0 Å². The number of anilines is 1. The highest BCUT2D eigenvalue weighted by Gasteiger charge is 2.10. The minimum absolute atomic E-state index is 0. The Labute approximate surface area is 200 Å². The molecule has 0 atom stereocenters. The summed E-state index contributed by atoms with van der Waals surface area (Å²) in [6.45, 7) is 2.55. The number of pyridine rings is 1. The summed E-state index contributed by atoms with van der Waals surface area (Å²) in [6, 6.07) is 29.5. The van der Waals surface area contributed by atoms with Crippen molar-refractivity contribution < 1.29 is 12.0 Å². The molecule has 5 heteroatoms. The first-order valence-electron chi connectivity index (χ1n) is 11.6. The van der Waals surface area contributed by atoms with Gasteiger partial charge in [0.15, 0.2) is 0 Å². The Morgan fingerprint density at radius 2 is 1.71 bits per heavy atom. The molecule has 0 aliphatic heterocycles. The molecule has 2 heterocycles. The van der Waals surface area contributed by atoms with Crippen molar-refractivity contribution in [3.63, 3.8) is 0 Å². The number of nitrogens with zero attached hydrogens (tertiary/aromatic N) is 1. The van der Waals surface area contributed by atoms with Crippen LogP contribution in [-0.4, -0.2) is 18.1 Å². The lowest BCUT2D eigenvalue weighted by atomic mass is 9.97. The zero-order chi connectivity index (χ0) is 22.7. The van der Waals surface area contributed by atoms with Gasteiger partial charge in [0, 0.05) is 38.8 Å². The molecule has 0 unspecified atom stereocenters. The van der Waals surface area contributed by atoms with E-state index < -0.39 is 0 Å². The highest BCUT2D eigenvalue weighted by atomic mass is 17.0. The second-order valence-corrected chi connectivity index (χ2v) is 8.49. The molecule has 0 fully saturated rings. The first-order valence-corrected chi connectivity index (χ1v) is 11.6. The van der Waals surface area contributed by atoms with Gasteiger partial charge in [-0.3, -0.25) is 14.1 Å². The van der Waals surface area contributed by atoms with Gasteiger partial charge in [0.25, 0.3) is 0 Å². The van der Waals surface area contributed by atoms with Crippen molar-refractivity contribution >= 4 is 38.5 Å². The van der Waals surface area contributed by atoms with E-state index >= 15 is 0 Å². The summed E-state index contributed by atoms with van der Waals surface area (Å²) >= 11 is 0. The average Bonchev–Trinajstić information content (AvgIpc) is 2.86. The van der Waals surface area contributed by atoms with Crippen molar-refractivity contribution in [3.8, 4) is 11.1 Å². The maximum absolute atomic E-state index is 5.08. The maximum Gasteiger partial charge on any atom is 0.230 e. The predicted octanol–water partition coefficient (Wildman–Crippen LogP) is 7.48. The van der Waals surface area contributed by atoms with E-state index in [9.17, 15) is 0 Å². The standard InChI is InChI=1S/C29H25N3O2.2H2/c1-2-9-23-20(6-1)7-3-10-24(23)21-12-13-25-26(14-17-32-27(25)18-21)31-16-5-15-30-19-22-8-4-11-28-29(22)34-33-28;;/h1-4,6-14,17-18,30H,5,15-16,19H2,(H,31,32);2*1H. The van der Waals surface area contributed by atoms with Crippen LogP contribution in [0.1, 0.15) is 14.8 Å². The molecule has 0 saturated heterocycles. The van der Waals surface area contributed by atoms with Gasteiger partial charge in [-0.25, -0.2) is 0 Å². The summed E-state index contributed by atoms with van der Waals surface area (Å²) in [5.41, 5.74) is 7.31. The van der Waals surface area contributed by atoms with Crippen LogP contribution in [0.2, 0.25) is 0 Å². The quantitative estimate of drug-likeness (QED) is 0.185. The minimum atomic E-state index is 0. The monoisotopic (exact) mass is 451 g/mol. The SMILES string of the molecule is [HH].[HH].c1ccc2c(-c3ccc4c(NCCCNCc5cccc6ooc56)ccnc4c3)cccc2c1. The van der Waals surface area contributed by atoms with Gasteiger partial charge in [-0.2, -0.15) is 0 Å². The Morgan fingerprint density at radius 3 is 2.65 bits per heavy atom. The number of fused-ring (bicyclic) bond motifs is 3. The van der Waals surface area contributed by atoms with E-state index in [0.717, 1.165) is 59.4 Å². The number of hydrogen-bond donors (Lipinski definition) is 2. The van der Waals surface area contributed by atoms with Gasteiger partial charge in [-0.1, -0.05) is 66.7 Å². The molecule has 2 aromatic heterocycles. The summed E-state index contributed by atoms with van der Waals surface area (Å²) in [5, 5.41) is 10.7. The van der Waals surface area contributed by atoms with Gasteiger partial charge in [0.1, 0.15) is 0 Å². The molecule has 0 amide bonds. The highest BCUT2D eigenvalue weighted by molar-refractivity contribution is 6.00. The van der Waals surface area contributed by atoms with Gasteiger partial charge < -0.3 is 10.6 Å². The first kappa shape index (κ1) is 20.5. The normalized spacial score (nSPS) is 11.5. The van der Waals surface area contributed by atoms with E-state index in [1.807, 2.05) is 18.3 Å². The summed E-state index contributed by atoms with van der Waals surface area (Å²) in [7, 11) is 0. The molecule has 0 spiro atoms. The third-order valence-electron chi connectivity index (χ3n) is 6.28. The second-order valence-electron chi connectivity index (χ2n) is 8.49. The zero-order valence-electron chi connectivity index (χ0n) is 18.8. The number of benzene rings is 4. The largest absolute Gasteiger partial charge is 0.384 e. The Hall–Kier alpha value is -4.09. The molecule has 4 aromatic carbocycles. The van der Waals surface area contributed by atoms with Gasteiger partial charge >= 0.3 is 0 Å². The molecule has 0 aliphatic rings. The van der Waals surface area contributed by atoms with Crippen LogP contribution in [-0.2, 0) is 6.54 Å². The van der Waals surface area contributed by atoms with Gasteiger partial charge in [-0.05, 0) is 53.1 Å². The van der Waals surface area contributed by atoms with Crippen LogP contribution in [0, 0.1) is 0 Å². The van der Waals surface area contributed by atoms with E-state index in [-0.39, 0.29) is 2.85 Å². The van der Waals surface area contributed by atoms with Crippen LogP contribution in [0.3, 0.4) is 0 Å². The van der Waals surface area contributed by atoms with Crippen molar-refractivity contribution in [2.24, 2.45) is 0 Å². The van der Waals surface area contributed by atoms with Crippen molar-refractivity contribution in [1.29, 1.82) is 0 Å². The minimum Gasteiger partial charge on any atom is -0.384 e. The number of rotatable bonds is 8. The smallest absolute Gasteiger partial charge is 0.230 e. The van der Waals surface area contributed by atoms with Crippen LogP contribution >= 0.6 is 0 Å². The van der Waals surface area contributed by atoms with Gasteiger partial charge in [0.2, 0.25) is 11.2 Å². The number of hydrogen-bond acceptors (Lipinski definition) is 5. The number of para-hydroxylation sites is 1. The predicted molar refractivity (Wildman–Crippen MR) is 142 cm³/mol. The molecule has 0 bridgehead atoms. The molecular weight excluding hydrogens is 422 g/mol. The lowest BCUT2D eigenvalue weighted by Crippen LogP contribution is -2.18. The molecular formula is C29H29N3O2. The Bertz CT molecular complexity index is 1590. The van der Waals surface area contributed by atoms with Crippen LogP contribution in [0.5, 0.6) is 0 Å². The second kappa shape index (κ2) is 9.04. The summed E-state index contributed by atoms with van der Waals surface area (Å²) in [6.07, 6.45) is 2.88. The maximum atomic E-state index is 5.08. The Morgan fingerprint density at radius 1 is 0.794 bits per heavy atom. The molecule has 34 heavy (non-hydrogen) atoms.